The monoisotopic (exact) mass is 418 g/mol. The Morgan fingerprint density at radius 2 is 1.55 bits per heavy atom. The highest BCUT2D eigenvalue weighted by molar-refractivity contribution is 5.99. The van der Waals surface area contributed by atoms with Crippen molar-refractivity contribution in [2.75, 3.05) is 5.32 Å². The quantitative estimate of drug-likeness (QED) is 0.544. The molecule has 31 heavy (non-hydrogen) atoms. The largest absolute Gasteiger partial charge is 0.488 e. The number of nitrogens with one attached hydrogen (secondary N) is 1. The maximum atomic E-state index is 12.6. The predicted octanol–water partition coefficient (Wildman–Crippen LogP) is 3.55. The van der Waals surface area contributed by atoms with Gasteiger partial charge in [0, 0.05) is 11.3 Å². The molecule has 1 atom stereocenters. The van der Waals surface area contributed by atoms with Crippen LogP contribution in [0.15, 0.2) is 78.9 Å². The van der Waals surface area contributed by atoms with Crippen LogP contribution in [0.4, 0.5) is 5.69 Å². The Morgan fingerprint density at radius 3 is 2.23 bits per heavy atom. The Labute approximate surface area is 179 Å². The summed E-state index contributed by atoms with van der Waals surface area (Å²) in [5.41, 5.74) is 7.15. The number of nitrogens with two attached hydrogens (primary N) is 1. The number of para-hydroxylation sites is 1. The van der Waals surface area contributed by atoms with Crippen LogP contribution >= 0.6 is 0 Å². The lowest BCUT2D eigenvalue weighted by Crippen LogP contribution is -2.30. The molecule has 2 amide bonds. The smallest absolute Gasteiger partial charge is 0.342 e. The van der Waals surface area contributed by atoms with Crippen LogP contribution in [0.2, 0.25) is 0 Å². The summed E-state index contributed by atoms with van der Waals surface area (Å²) in [5.74, 6) is -1.38. The molecule has 3 rings (SSSR count). The molecule has 0 aromatic heterocycles. The second kappa shape index (κ2) is 10.1. The fourth-order valence-corrected chi connectivity index (χ4v) is 2.74. The van der Waals surface area contributed by atoms with Crippen LogP contribution in [0, 0.1) is 0 Å². The van der Waals surface area contributed by atoms with Crippen molar-refractivity contribution in [1.29, 1.82) is 0 Å². The van der Waals surface area contributed by atoms with Crippen molar-refractivity contribution < 1.29 is 23.9 Å². The van der Waals surface area contributed by atoms with Crippen LogP contribution in [-0.4, -0.2) is 23.9 Å². The first-order valence-corrected chi connectivity index (χ1v) is 9.61. The standard InChI is InChI=1S/C24H22N2O5/c1-16(23(28)26-19-13-11-18(12-14-19)22(25)27)31-24(29)20-9-5-6-10-21(20)30-15-17-7-3-2-4-8-17/h2-14,16H,15H2,1H3,(H2,25,27)(H,26,28)/t16-/m1/s1. The third-order valence-electron chi connectivity index (χ3n) is 4.43. The van der Waals surface area contributed by atoms with E-state index in [4.69, 9.17) is 15.2 Å². The van der Waals surface area contributed by atoms with Gasteiger partial charge in [0.2, 0.25) is 5.91 Å². The molecular weight excluding hydrogens is 396 g/mol. The molecule has 3 N–H and O–H groups in total. The summed E-state index contributed by atoms with van der Waals surface area (Å²) in [6.45, 7) is 1.76. The molecule has 0 bridgehead atoms. The number of primary amides is 1. The molecule has 3 aromatic carbocycles. The second-order valence-electron chi connectivity index (χ2n) is 6.75. The highest BCUT2D eigenvalue weighted by Gasteiger charge is 2.21. The maximum Gasteiger partial charge on any atom is 0.342 e. The van der Waals surface area contributed by atoms with Crippen LogP contribution in [0.3, 0.4) is 0 Å². The molecule has 7 heteroatoms. The zero-order chi connectivity index (χ0) is 22.2. The van der Waals surface area contributed by atoms with E-state index in [0.29, 0.717) is 23.6 Å². The van der Waals surface area contributed by atoms with Gasteiger partial charge in [-0.2, -0.15) is 0 Å². The topological polar surface area (TPSA) is 108 Å². The SMILES string of the molecule is C[C@@H](OC(=O)c1ccccc1OCc1ccccc1)C(=O)Nc1ccc(C(N)=O)cc1. The molecule has 0 unspecified atom stereocenters. The van der Waals surface area contributed by atoms with E-state index in [1.54, 1.807) is 36.4 Å². The van der Waals surface area contributed by atoms with Gasteiger partial charge in [-0.05, 0) is 48.9 Å². The van der Waals surface area contributed by atoms with Crippen molar-refractivity contribution in [2.24, 2.45) is 5.73 Å². The van der Waals surface area contributed by atoms with Gasteiger partial charge in [-0.25, -0.2) is 4.79 Å². The summed E-state index contributed by atoms with van der Waals surface area (Å²) in [4.78, 5) is 36.1. The van der Waals surface area contributed by atoms with Crippen molar-refractivity contribution >= 4 is 23.5 Å². The normalized spacial score (nSPS) is 11.3. The minimum atomic E-state index is -1.05. The van der Waals surface area contributed by atoms with Gasteiger partial charge < -0.3 is 20.5 Å². The Kier molecular flexibility index (Phi) is 7.01. The first kappa shape index (κ1) is 21.6. The lowest BCUT2D eigenvalue weighted by Gasteiger charge is -2.15. The van der Waals surface area contributed by atoms with Crippen molar-refractivity contribution in [3.05, 3.63) is 95.6 Å². The third kappa shape index (κ3) is 5.93. The minimum Gasteiger partial charge on any atom is -0.488 e. The summed E-state index contributed by atoms with van der Waals surface area (Å²) < 4.78 is 11.1. The zero-order valence-corrected chi connectivity index (χ0v) is 16.9. The summed E-state index contributed by atoms with van der Waals surface area (Å²) in [6.07, 6.45) is -1.05. The van der Waals surface area contributed by atoms with E-state index in [2.05, 4.69) is 5.32 Å². The van der Waals surface area contributed by atoms with Gasteiger partial charge in [0.15, 0.2) is 6.10 Å². The van der Waals surface area contributed by atoms with Gasteiger partial charge in [0.05, 0.1) is 0 Å². The lowest BCUT2D eigenvalue weighted by molar-refractivity contribution is -0.123. The number of hydrogen-bond donors (Lipinski definition) is 2. The molecule has 0 saturated carbocycles. The van der Waals surface area contributed by atoms with Crippen molar-refractivity contribution in [3.8, 4) is 5.75 Å². The van der Waals surface area contributed by atoms with Gasteiger partial charge in [-0.1, -0.05) is 42.5 Å². The summed E-state index contributed by atoms with van der Waals surface area (Å²) >= 11 is 0. The lowest BCUT2D eigenvalue weighted by atomic mass is 10.2. The fraction of sp³-hybridized carbons (Fsp3) is 0.125. The van der Waals surface area contributed by atoms with E-state index in [9.17, 15) is 14.4 Å². The number of rotatable bonds is 8. The average molecular weight is 418 g/mol. The molecule has 7 nitrogen and oxygen atoms in total. The zero-order valence-electron chi connectivity index (χ0n) is 16.9. The number of hydrogen-bond acceptors (Lipinski definition) is 5. The number of carbonyl (C=O) groups is 3. The molecule has 3 aromatic rings. The van der Waals surface area contributed by atoms with E-state index in [1.165, 1.54) is 19.1 Å². The Balaban J connectivity index is 1.61. The molecule has 0 aliphatic heterocycles. The molecule has 158 valence electrons. The van der Waals surface area contributed by atoms with Crippen LogP contribution in [0.25, 0.3) is 0 Å². The van der Waals surface area contributed by atoms with Crippen molar-refractivity contribution in [3.63, 3.8) is 0 Å². The highest BCUT2D eigenvalue weighted by atomic mass is 16.5. The molecule has 0 aliphatic carbocycles. The predicted molar refractivity (Wildman–Crippen MR) is 116 cm³/mol. The Hall–Kier alpha value is -4.13. The van der Waals surface area contributed by atoms with Crippen LogP contribution in [-0.2, 0) is 16.1 Å². The molecule has 0 aliphatic rings. The van der Waals surface area contributed by atoms with Gasteiger partial charge in [0.25, 0.3) is 5.91 Å². The molecule has 0 fully saturated rings. The van der Waals surface area contributed by atoms with E-state index in [-0.39, 0.29) is 5.56 Å². The number of anilines is 1. The van der Waals surface area contributed by atoms with Gasteiger partial charge in [-0.15, -0.1) is 0 Å². The first-order valence-electron chi connectivity index (χ1n) is 9.61. The van der Waals surface area contributed by atoms with Crippen molar-refractivity contribution in [1.82, 2.24) is 0 Å². The molecule has 0 heterocycles. The van der Waals surface area contributed by atoms with Crippen LogP contribution < -0.4 is 15.8 Å². The van der Waals surface area contributed by atoms with E-state index >= 15 is 0 Å². The van der Waals surface area contributed by atoms with Gasteiger partial charge in [0.1, 0.15) is 17.9 Å². The first-order chi connectivity index (χ1) is 14.9. The van der Waals surface area contributed by atoms with Crippen LogP contribution in [0.5, 0.6) is 5.75 Å². The molecule has 0 spiro atoms. The Bertz CT molecular complexity index is 1060. The number of benzene rings is 3. The van der Waals surface area contributed by atoms with E-state index in [0.717, 1.165) is 5.56 Å². The summed E-state index contributed by atoms with van der Waals surface area (Å²) in [5, 5.41) is 2.63. The third-order valence-corrected chi connectivity index (χ3v) is 4.43. The number of ether oxygens (including phenoxy) is 2. The number of amides is 2. The fourth-order valence-electron chi connectivity index (χ4n) is 2.74. The second-order valence-corrected chi connectivity index (χ2v) is 6.75. The van der Waals surface area contributed by atoms with Crippen LogP contribution in [0.1, 0.15) is 33.2 Å². The number of carbonyl (C=O) groups excluding carboxylic acids is 3. The molecular formula is C24H22N2O5. The summed E-state index contributed by atoms with van der Waals surface area (Å²) in [7, 11) is 0. The summed E-state index contributed by atoms with van der Waals surface area (Å²) in [6, 6.07) is 22.3. The molecule has 0 saturated heterocycles. The maximum absolute atomic E-state index is 12.6. The van der Waals surface area contributed by atoms with Gasteiger partial charge >= 0.3 is 5.97 Å². The Morgan fingerprint density at radius 1 is 0.903 bits per heavy atom. The van der Waals surface area contributed by atoms with E-state index < -0.39 is 23.9 Å². The average Bonchev–Trinajstić information content (AvgIpc) is 2.78. The highest BCUT2D eigenvalue weighted by Crippen LogP contribution is 2.21. The molecule has 0 radical (unpaired) electrons. The van der Waals surface area contributed by atoms with Crippen molar-refractivity contribution in [2.45, 2.75) is 19.6 Å². The van der Waals surface area contributed by atoms with E-state index in [1.807, 2.05) is 30.3 Å². The minimum absolute atomic E-state index is 0.226. The van der Waals surface area contributed by atoms with Gasteiger partial charge in [-0.3, -0.25) is 9.59 Å². The number of esters is 1.